The average molecular weight is 373 g/mol. The number of non-ortho nitro benzene ring substituents is 1. The van der Waals surface area contributed by atoms with E-state index in [-0.39, 0.29) is 18.0 Å². The van der Waals surface area contributed by atoms with E-state index in [9.17, 15) is 14.9 Å². The molecule has 4 aromatic rings. The van der Waals surface area contributed by atoms with E-state index in [0.717, 1.165) is 11.0 Å². The summed E-state index contributed by atoms with van der Waals surface area (Å²) in [5.41, 5.74) is 3.09. The maximum absolute atomic E-state index is 12.2. The number of fused-ring (bicyclic) bond motifs is 1. The highest BCUT2D eigenvalue weighted by Gasteiger charge is 2.09. The van der Waals surface area contributed by atoms with Crippen LogP contribution in [0.2, 0.25) is 0 Å². The molecule has 0 aliphatic rings. The molecule has 1 N–H and O–H groups in total. The summed E-state index contributed by atoms with van der Waals surface area (Å²) in [4.78, 5) is 31.1. The van der Waals surface area contributed by atoms with Gasteiger partial charge in [0.1, 0.15) is 12.1 Å². The highest BCUT2D eigenvalue weighted by atomic mass is 16.6. The Hall–Kier alpha value is -4.07. The van der Waals surface area contributed by atoms with E-state index in [4.69, 9.17) is 0 Å². The minimum absolute atomic E-state index is 0.00373. The lowest BCUT2D eigenvalue weighted by molar-refractivity contribution is -0.384. The molecule has 0 bridgehead atoms. The van der Waals surface area contributed by atoms with Crippen molar-refractivity contribution in [1.29, 1.82) is 0 Å². The first-order valence-electron chi connectivity index (χ1n) is 8.52. The summed E-state index contributed by atoms with van der Waals surface area (Å²) >= 11 is 0. The van der Waals surface area contributed by atoms with Gasteiger partial charge >= 0.3 is 0 Å². The molecule has 8 heteroatoms. The number of rotatable bonds is 5. The van der Waals surface area contributed by atoms with E-state index >= 15 is 0 Å². The predicted octanol–water partition coefficient (Wildman–Crippen LogP) is 3.51. The molecule has 0 radical (unpaired) electrons. The van der Waals surface area contributed by atoms with Crippen molar-refractivity contribution in [2.45, 2.75) is 6.42 Å². The Morgan fingerprint density at radius 2 is 1.82 bits per heavy atom. The first-order valence-corrected chi connectivity index (χ1v) is 8.52. The number of benzene rings is 2. The third-order valence-corrected chi connectivity index (χ3v) is 4.24. The van der Waals surface area contributed by atoms with Gasteiger partial charge < -0.3 is 5.32 Å². The van der Waals surface area contributed by atoms with Gasteiger partial charge in [0.2, 0.25) is 5.91 Å². The summed E-state index contributed by atoms with van der Waals surface area (Å²) in [6, 6.07) is 17.2. The largest absolute Gasteiger partial charge is 0.324 e. The highest BCUT2D eigenvalue weighted by Crippen LogP contribution is 2.18. The molecular formula is C20H15N5O3. The number of nitro benzene ring substituents is 1. The summed E-state index contributed by atoms with van der Waals surface area (Å²) in [5.74, 6) is 0.471. The molecule has 0 aliphatic carbocycles. The van der Waals surface area contributed by atoms with Gasteiger partial charge in [-0.3, -0.25) is 19.5 Å². The van der Waals surface area contributed by atoms with E-state index in [1.807, 2.05) is 28.8 Å². The molecule has 28 heavy (non-hydrogen) atoms. The number of carbonyl (C=O) groups is 1. The minimum Gasteiger partial charge on any atom is -0.324 e. The molecule has 4 rings (SSSR count). The molecule has 0 unspecified atom stereocenters. The van der Waals surface area contributed by atoms with Crippen molar-refractivity contribution in [3.63, 3.8) is 0 Å². The van der Waals surface area contributed by atoms with E-state index in [1.165, 1.54) is 12.1 Å². The SMILES string of the molecule is O=C(Cc1ccc([N+](=O)[O-])cc1)Nc1ccc(-n2cnc3ccccc32)nc1. The van der Waals surface area contributed by atoms with Crippen molar-refractivity contribution in [3.05, 3.63) is 88.9 Å². The standard InChI is InChI=1S/C20H15N5O3/c26-20(11-14-5-8-16(9-6-14)25(27)28)23-15-7-10-19(21-12-15)24-13-22-17-3-1-2-4-18(17)24/h1-10,12-13H,11H2,(H,23,26). The number of anilines is 1. The topological polar surface area (TPSA) is 103 Å². The number of hydrogen-bond donors (Lipinski definition) is 1. The molecule has 1 amide bonds. The van der Waals surface area contributed by atoms with Crippen LogP contribution in [0.25, 0.3) is 16.9 Å². The van der Waals surface area contributed by atoms with Crippen LogP contribution in [0, 0.1) is 10.1 Å². The normalized spacial score (nSPS) is 10.7. The van der Waals surface area contributed by atoms with Crippen molar-refractivity contribution in [2.75, 3.05) is 5.32 Å². The van der Waals surface area contributed by atoms with Crippen molar-refractivity contribution in [1.82, 2.24) is 14.5 Å². The zero-order valence-electron chi connectivity index (χ0n) is 14.6. The second-order valence-corrected chi connectivity index (χ2v) is 6.16. The van der Waals surface area contributed by atoms with Crippen molar-refractivity contribution < 1.29 is 9.72 Å². The average Bonchev–Trinajstić information content (AvgIpc) is 3.13. The van der Waals surface area contributed by atoms with Crippen LogP contribution in [0.3, 0.4) is 0 Å². The number of pyridine rings is 1. The Bertz CT molecular complexity index is 1150. The molecule has 0 aliphatic heterocycles. The van der Waals surface area contributed by atoms with Crippen LogP contribution in [-0.2, 0) is 11.2 Å². The number of nitrogens with zero attached hydrogens (tertiary/aromatic N) is 4. The van der Waals surface area contributed by atoms with Crippen LogP contribution in [0.5, 0.6) is 0 Å². The van der Waals surface area contributed by atoms with Gasteiger partial charge in [-0.2, -0.15) is 0 Å². The van der Waals surface area contributed by atoms with E-state index in [2.05, 4.69) is 15.3 Å². The van der Waals surface area contributed by atoms with Crippen LogP contribution in [-0.4, -0.2) is 25.4 Å². The quantitative estimate of drug-likeness (QED) is 0.426. The summed E-state index contributed by atoms with van der Waals surface area (Å²) in [5, 5.41) is 13.5. The molecule has 2 heterocycles. The summed E-state index contributed by atoms with van der Waals surface area (Å²) in [7, 11) is 0. The number of hydrogen-bond acceptors (Lipinski definition) is 5. The maximum Gasteiger partial charge on any atom is 0.269 e. The molecule has 2 aromatic heterocycles. The first kappa shape index (κ1) is 17.3. The molecule has 2 aromatic carbocycles. The third kappa shape index (κ3) is 3.56. The van der Waals surface area contributed by atoms with Gasteiger partial charge in [0.15, 0.2) is 0 Å². The number of imidazole rings is 1. The van der Waals surface area contributed by atoms with E-state index in [0.29, 0.717) is 17.1 Å². The van der Waals surface area contributed by atoms with Gasteiger partial charge in [0, 0.05) is 12.1 Å². The Kier molecular flexibility index (Phi) is 4.51. The molecule has 138 valence electrons. The van der Waals surface area contributed by atoms with Crippen molar-refractivity contribution in [3.8, 4) is 5.82 Å². The Balaban J connectivity index is 1.44. The van der Waals surface area contributed by atoms with Gasteiger partial charge in [0.05, 0.1) is 34.3 Å². The van der Waals surface area contributed by atoms with Crippen LogP contribution >= 0.6 is 0 Å². The fraction of sp³-hybridized carbons (Fsp3) is 0.0500. The highest BCUT2D eigenvalue weighted by molar-refractivity contribution is 5.92. The molecule has 8 nitrogen and oxygen atoms in total. The Morgan fingerprint density at radius 3 is 2.54 bits per heavy atom. The number of para-hydroxylation sites is 2. The van der Waals surface area contributed by atoms with Crippen LogP contribution in [0.15, 0.2) is 73.2 Å². The van der Waals surface area contributed by atoms with Gasteiger partial charge in [-0.1, -0.05) is 24.3 Å². The smallest absolute Gasteiger partial charge is 0.269 e. The van der Waals surface area contributed by atoms with Gasteiger partial charge in [-0.15, -0.1) is 0 Å². The van der Waals surface area contributed by atoms with Gasteiger partial charge in [-0.05, 0) is 29.8 Å². The zero-order chi connectivity index (χ0) is 19.5. The molecule has 0 saturated carbocycles. The van der Waals surface area contributed by atoms with E-state index < -0.39 is 4.92 Å². The number of carbonyl (C=O) groups excluding carboxylic acids is 1. The fourth-order valence-electron chi connectivity index (χ4n) is 2.87. The number of aromatic nitrogens is 3. The van der Waals surface area contributed by atoms with Gasteiger partial charge in [-0.25, -0.2) is 9.97 Å². The Morgan fingerprint density at radius 1 is 1.04 bits per heavy atom. The third-order valence-electron chi connectivity index (χ3n) is 4.24. The zero-order valence-corrected chi connectivity index (χ0v) is 14.6. The van der Waals surface area contributed by atoms with Crippen molar-refractivity contribution in [2.24, 2.45) is 0 Å². The minimum atomic E-state index is -0.472. The predicted molar refractivity (Wildman–Crippen MR) is 104 cm³/mol. The lowest BCUT2D eigenvalue weighted by Crippen LogP contribution is -2.14. The fourth-order valence-corrected chi connectivity index (χ4v) is 2.87. The molecule has 0 saturated heterocycles. The van der Waals surface area contributed by atoms with Crippen LogP contribution < -0.4 is 5.32 Å². The van der Waals surface area contributed by atoms with Gasteiger partial charge in [0.25, 0.3) is 5.69 Å². The lowest BCUT2D eigenvalue weighted by Gasteiger charge is -2.07. The maximum atomic E-state index is 12.2. The van der Waals surface area contributed by atoms with E-state index in [1.54, 1.807) is 36.8 Å². The molecule has 0 spiro atoms. The number of nitrogens with one attached hydrogen (secondary N) is 1. The lowest BCUT2D eigenvalue weighted by atomic mass is 10.1. The molecule has 0 atom stereocenters. The monoisotopic (exact) mass is 373 g/mol. The number of nitro groups is 1. The first-order chi connectivity index (χ1) is 13.6. The van der Waals surface area contributed by atoms with Crippen LogP contribution in [0.1, 0.15) is 5.56 Å². The summed E-state index contributed by atoms with van der Waals surface area (Å²) in [6.45, 7) is 0. The second kappa shape index (κ2) is 7.28. The second-order valence-electron chi connectivity index (χ2n) is 6.16. The summed E-state index contributed by atoms with van der Waals surface area (Å²) < 4.78 is 1.87. The van der Waals surface area contributed by atoms with Crippen LogP contribution in [0.4, 0.5) is 11.4 Å². The molecule has 0 fully saturated rings. The molecular weight excluding hydrogens is 358 g/mol. The summed E-state index contributed by atoms with van der Waals surface area (Å²) in [6.07, 6.45) is 3.41. The number of amides is 1. The van der Waals surface area contributed by atoms with Crippen molar-refractivity contribution >= 4 is 28.3 Å². The Labute approximate surface area is 159 Å².